The number of alkyl halides is 3. The van der Waals surface area contributed by atoms with Gasteiger partial charge in [0, 0.05) is 24.2 Å². The van der Waals surface area contributed by atoms with Crippen LogP contribution in [0, 0.1) is 21.4 Å². The monoisotopic (exact) mass is 539 g/mol. The highest BCUT2D eigenvalue weighted by Gasteiger charge is 2.35. The molecule has 0 atom stereocenters. The lowest BCUT2D eigenvalue weighted by molar-refractivity contribution is -0.385. The number of benzene rings is 2. The van der Waals surface area contributed by atoms with Gasteiger partial charge in [-0.2, -0.15) is 26.9 Å². The van der Waals surface area contributed by atoms with E-state index in [-0.39, 0.29) is 28.7 Å². The van der Waals surface area contributed by atoms with E-state index in [0.717, 1.165) is 29.7 Å². The first-order chi connectivity index (χ1) is 16.9. The molecular formula is C21H16F3N5O5S2. The highest BCUT2D eigenvalue weighted by atomic mass is 32.2. The van der Waals surface area contributed by atoms with Crippen LogP contribution in [0.5, 0.6) is 0 Å². The van der Waals surface area contributed by atoms with Gasteiger partial charge in [-0.3, -0.25) is 14.3 Å². The van der Waals surface area contributed by atoms with E-state index >= 15 is 0 Å². The van der Waals surface area contributed by atoms with Gasteiger partial charge in [0.05, 0.1) is 34.6 Å². The van der Waals surface area contributed by atoms with E-state index in [2.05, 4.69) is 19.7 Å². The Morgan fingerprint density at radius 1 is 1.19 bits per heavy atom. The molecule has 1 N–H and O–H groups in total. The maximum absolute atomic E-state index is 13.5. The summed E-state index contributed by atoms with van der Waals surface area (Å²) in [5.41, 5.74) is -1.77. The van der Waals surface area contributed by atoms with Gasteiger partial charge in [-0.15, -0.1) is 10.2 Å². The fourth-order valence-corrected chi connectivity index (χ4v) is 4.41. The van der Waals surface area contributed by atoms with E-state index < -0.39 is 38.2 Å². The van der Waals surface area contributed by atoms with Crippen LogP contribution < -0.4 is 5.32 Å². The quantitative estimate of drug-likeness (QED) is 0.115. The predicted octanol–water partition coefficient (Wildman–Crippen LogP) is 6.02. The van der Waals surface area contributed by atoms with Gasteiger partial charge in [0.1, 0.15) is 16.1 Å². The maximum Gasteiger partial charge on any atom is 0.418 e. The number of nitriles is 1. The molecule has 0 amide bonds. The van der Waals surface area contributed by atoms with Crippen molar-refractivity contribution in [3.05, 3.63) is 69.8 Å². The third kappa shape index (κ3) is 6.62. The van der Waals surface area contributed by atoms with Gasteiger partial charge in [-0.05, 0) is 11.6 Å². The standard InChI is InChI=1S/C21H16F3N5O5S2/c1-36(32,33)34-10-9-26-19-15(12-25)18(13-5-3-2-4-6-13)20(35-19)28-27-17-8-7-14(29(30)31)11-16(17)21(22,23)24/h2-8,11,26H,9-10H2,1H3. The van der Waals surface area contributed by atoms with Gasteiger partial charge >= 0.3 is 6.18 Å². The van der Waals surface area contributed by atoms with E-state index in [1.165, 1.54) is 0 Å². The molecule has 1 heterocycles. The number of nitro groups is 1. The lowest BCUT2D eigenvalue weighted by atomic mass is 10.0. The summed E-state index contributed by atoms with van der Waals surface area (Å²) in [6.45, 7) is -0.218. The van der Waals surface area contributed by atoms with E-state index in [4.69, 9.17) is 0 Å². The largest absolute Gasteiger partial charge is 0.418 e. The summed E-state index contributed by atoms with van der Waals surface area (Å²) in [6.07, 6.45) is -4.04. The van der Waals surface area contributed by atoms with E-state index in [1.54, 1.807) is 30.3 Å². The molecule has 0 aliphatic heterocycles. The second-order valence-corrected chi connectivity index (χ2v) is 9.72. The van der Waals surface area contributed by atoms with Crippen molar-refractivity contribution in [2.24, 2.45) is 10.2 Å². The highest BCUT2D eigenvalue weighted by Crippen LogP contribution is 2.47. The summed E-state index contributed by atoms with van der Waals surface area (Å²) in [5, 5.41) is 31.6. The fraction of sp³-hybridized carbons (Fsp3) is 0.190. The molecule has 36 heavy (non-hydrogen) atoms. The number of azo groups is 1. The maximum atomic E-state index is 13.5. The number of nitrogens with zero attached hydrogens (tertiary/aromatic N) is 4. The molecule has 0 spiro atoms. The molecule has 0 aliphatic rings. The van der Waals surface area contributed by atoms with Gasteiger partial charge in [0.15, 0.2) is 0 Å². The van der Waals surface area contributed by atoms with Crippen molar-refractivity contribution in [1.29, 1.82) is 5.26 Å². The number of hydrogen-bond donors (Lipinski definition) is 1. The predicted molar refractivity (Wildman–Crippen MR) is 126 cm³/mol. The highest BCUT2D eigenvalue weighted by molar-refractivity contribution is 7.85. The molecule has 3 rings (SSSR count). The average molecular weight is 540 g/mol. The molecule has 0 saturated carbocycles. The van der Waals surface area contributed by atoms with Crippen molar-refractivity contribution in [2.75, 3.05) is 24.7 Å². The lowest BCUT2D eigenvalue weighted by Gasteiger charge is -2.08. The number of nitrogens with one attached hydrogen (secondary N) is 1. The van der Waals surface area contributed by atoms with E-state index in [9.17, 15) is 37.0 Å². The number of anilines is 1. The first-order valence-corrected chi connectivity index (χ1v) is 12.5. The van der Waals surface area contributed by atoms with Gasteiger partial charge < -0.3 is 5.32 Å². The number of hydrogen-bond acceptors (Lipinski definition) is 10. The first kappa shape index (κ1) is 26.7. The summed E-state index contributed by atoms with van der Waals surface area (Å²) < 4.78 is 67.5. The van der Waals surface area contributed by atoms with Crippen LogP contribution in [-0.2, 0) is 20.5 Å². The number of thiophene rings is 1. The van der Waals surface area contributed by atoms with Crippen molar-refractivity contribution in [3.8, 4) is 17.2 Å². The smallest absolute Gasteiger partial charge is 0.373 e. The van der Waals surface area contributed by atoms with Gasteiger partial charge in [0.2, 0.25) is 0 Å². The molecule has 188 valence electrons. The molecule has 10 nitrogen and oxygen atoms in total. The van der Waals surface area contributed by atoms with Crippen LogP contribution in [0.3, 0.4) is 0 Å². The van der Waals surface area contributed by atoms with Crippen LogP contribution in [0.1, 0.15) is 11.1 Å². The van der Waals surface area contributed by atoms with Gasteiger partial charge in [0.25, 0.3) is 15.8 Å². The first-order valence-electron chi connectivity index (χ1n) is 9.88. The minimum Gasteiger partial charge on any atom is -0.373 e. The van der Waals surface area contributed by atoms with Crippen molar-refractivity contribution in [3.63, 3.8) is 0 Å². The zero-order valence-corrected chi connectivity index (χ0v) is 19.9. The Balaban J connectivity index is 2.06. The topological polar surface area (TPSA) is 147 Å². The summed E-state index contributed by atoms with van der Waals surface area (Å²) >= 11 is 0.916. The molecule has 0 saturated heterocycles. The van der Waals surface area contributed by atoms with Crippen LogP contribution >= 0.6 is 11.3 Å². The van der Waals surface area contributed by atoms with E-state index in [1.807, 2.05) is 6.07 Å². The number of halogens is 3. The minimum absolute atomic E-state index is 0.00759. The number of nitro benzene ring substituents is 1. The number of rotatable bonds is 9. The van der Waals surface area contributed by atoms with Gasteiger partial charge in [-0.25, -0.2) is 0 Å². The van der Waals surface area contributed by atoms with Crippen LogP contribution in [0.15, 0.2) is 58.8 Å². The van der Waals surface area contributed by atoms with Crippen LogP contribution in [0.2, 0.25) is 0 Å². The number of non-ortho nitro benzene ring substituents is 1. The van der Waals surface area contributed by atoms with Crippen molar-refractivity contribution >= 4 is 42.8 Å². The molecule has 15 heteroatoms. The summed E-state index contributed by atoms with van der Waals surface area (Å²) in [7, 11) is -3.67. The Hall–Kier alpha value is -3.87. The molecule has 0 aliphatic carbocycles. The lowest BCUT2D eigenvalue weighted by Crippen LogP contribution is -2.12. The normalized spacial score (nSPS) is 12.0. The Morgan fingerprint density at radius 3 is 2.47 bits per heavy atom. The molecular weight excluding hydrogens is 523 g/mol. The Labute approximate surface area is 206 Å². The molecule has 2 aromatic carbocycles. The molecule has 1 aromatic heterocycles. The van der Waals surface area contributed by atoms with Gasteiger partial charge in [-0.1, -0.05) is 41.7 Å². The minimum atomic E-state index is -4.93. The Kier molecular flexibility index (Phi) is 8.03. The second-order valence-electron chi connectivity index (χ2n) is 7.07. The zero-order chi connectivity index (χ0) is 26.5. The van der Waals surface area contributed by atoms with Crippen LogP contribution in [0.25, 0.3) is 11.1 Å². The Morgan fingerprint density at radius 2 is 1.89 bits per heavy atom. The Bertz CT molecular complexity index is 1450. The third-order valence-corrected chi connectivity index (χ3v) is 6.12. The van der Waals surface area contributed by atoms with Crippen molar-refractivity contribution in [1.82, 2.24) is 0 Å². The summed E-state index contributed by atoms with van der Waals surface area (Å²) in [5.74, 6) is 0. The zero-order valence-electron chi connectivity index (χ0n) is 18.3. The van der Waals surface area contributed by atoms with Crippen molar-refractivity contribution < 1.29 is 30.7 Å². The van der Waals surface area contributed by atoms with E-state index in [0.29, 0.717) is 17.2 Å². The molecule has 0 bridgehead atoms. The van der Waals surface area contributed by atoms with Crippen LogP contribution in [-0.4, -0.2) is 32.7 Å². The molecule has 3 aromatic rings. The van der Waals surface area contributed by atoms with Crippen molar-refractivity contribution in [2.45, 2.75) is 6.18 Å². The second kappa shape index (κ2) is 10.8. The summed E-state index contributed by atoms with van der Waals surface area (Å²) in [6, 6.07) is 12.6. The fourth-order valence-electron chi connectivity index (χ4n) is 3.00. The average Bonchev–Trinajstić information content (AvgIpc) is 3.17. The third-order valence-electron chi connectivity index (χ3n) is 4.49. The molecule has 0 unspecified atom stereocenters. The summed E-state index contributed by atoms with van der Waals surface area (Å²) in [4.78, 5) is 9.96. The molecule has 0 fully saturated rings. The molecule has 0 radical (unpaired) electrons. The SMILES string of the molecule is CS(=O)(=O)OCCNc1sc(N=Nc2ccc([N+](=O)[O-])cc2C(F)(F)F)c(-c2ccccc2)c1C#N. The van der Waals surface area contributed by atoms with Crippen LogP contribution in [0.4, 0.5) is 34.5 Å².